The monoisotopic (exact) mass is 399 g/mol. The molecule has 1 aliphatic rings. The summed E-state index contributed by atoms with van der Waals surface area (Å²) in [6.07, 6.45) is 2.45. The van der Waals surface area contributed by atoms with Crippen LogP contribution < -0.4 is 9.47 Å². The van der Waals surface area contributed by atoms with Gasteiger partial charge in [0.1, 0.15) is 17.6 Å². The van der Waals surface area contributed by atoms with Crippen molar-refractivity contribution < 1.29 is 29.3 Å². The van der Waals surface area contributed by atoms with E-state index in [0.717, 1.165) is 37.6 Å². The number of ether oxygens (including phenoxy) is 2. The summed E-state index contributed by atoms with van der Waals surface area (Å²) in [5.74, 6) is -0.785. The molecule has 7 nitrogen and oxygen atoms in total. The number of rotatable bonds is 7. The molecule has 0 spiro atoms. The normalized spacial score (nSPS) is 16.1. The topological polar surface area (TPSA) is 96.3 Å². The minimum absolute atomic E-state index is 0.265. The fourth-order valence-corrected chi connectivity index (χ4v) is 2.89. The zero-order chi connectivity index (χ0) is 21.1. The van der Waals surface area contributed by atoms with E-state index in [1.54, 1.807) is 7.11 Å². The number of hydrogen-bond acceptors (Lipinski definition) is 5. The number of likely N-dealkylation sites (tertiary alicyclic amines) is 1. The van der Waals surface area contributed by atoms with Crippen LogP contribution in [0.4, 0.5) is 0 Å². The van der Waals surface area contributed by atoms with Crippen LogP contribution in [-0.4, -0.2) is 53.4 Å². The maximum atomic E-state index is 9.55. The molecule has 1 atom stereocenters. The number of hydrogen-bond donors (Lipinski definition) is 2. The van der Waals surface area contributed by atoms with E-state index >= 15 is 0 Å². The third-order valence-corrected chi connectivity index (χ3v) is 4.19. The second-order valence-corrected chi connectivity index (χ2v) is 6.44. The van der Waals surface area contributed by atoms with Gasteiger partial charge >= 0.3 is 11.9 Å². The van der Waals surface area contributed by atoms with Crippen molar-refractivity contribution in [3.63, 3.8) is 0 Å². The van der Waals surface area contributed by atoms with Crippen LogP contribution in [0, 0.1) is 0 Å². The number of carboxylic acids is 2. The number of benzene rings is 2. The van der Waals surface area contributed by atoms with Crippen LogP contribution in [0.5, 0.6) is 11.5 Å². The van der Waals surface area contributed by atoms with E-state index in [1.807, 2.05) is 24.3 Å². The molecular weight excluding hydrogens is 374 g/mol. The Bertz CT molecular complexity index is 805. The molecular formula is C22H25NO6. The van der Waals surface area contributed by atoms with Crippen LogP contribution in [0.15, 0.2) is 66.7 Å². The third-order valence-electron chi connectivity index (χ3n) is 4.19. The van der Waals surface area contributed by atoms with Crippen LogP contribution in [-0.2, 0) is 16.1 Å². The van der Waals surface area contributed by atoms with Crippen molar-refractivity contribution in [2.24, 2.45) is 0 Å². The molecule has 0 aliphatic carbocycles. The maximum absolute atomic E-state index is 9.55. The zero-order valence-corrected chi connectivity index (χ0v) is 16.2. The standard InChI is InChI=1S/C18H21NO2.C4H4O4/c1-20-16-8-5-9-17(12-16)21-18-10-11-19(14-18)13-15-6-3-2-4-7-15;5-3(6)1-2-4(7)8/h2-9,12,18H,10-11,13-14H2,1H3;1-2H,(H,5,6)(H,7,8). The van der Waals surface area contributed by atoms with E-state index in [9.17, 15) is 9.59 Å². The van der Waals surface area contributed by atoms with Crippen molar-refractivity contribution in [1.82, 2.24) is 4.90 Å². The molecule has 0 aromatic heterocycles. The summed E-state index contributed by atoms with van der Waals surface area (Å²) in [5.41, 5.74) is 1.36. The van der Waals surface area contributed by atoms with Gasteiger partial charge in [-0.15, -0.1) is 0 Å². The van der Waals surface area contributed by atoms with Gasteiger partial charge in [-0.3, -0.25) is 4.90 Å². The fraction of sp³-hybridized carbons (Fsp3) is 0.273. The Kier molecular flexibility index (Phi) is 8.72. The Morgan fingerprint density at radius 3 is 2.31 bits per heavy atom. The molecule has 3 rings (SSSR count). The molecule has 0 saturated carbocycles. The van der Waals surface area contributed by atoms with Gasteiger partial charge in [-0.1, -0.05) is 36.4 Å². The van der Waals surface area contributed by atoms with Crippen molar-refractivity contribution in [3.05, 3.63) is 72.3 Å². The molecule has 1 saturated heterocycles. The van der Waals surface area contributed by atoms with Gasteiger partial charge in [0.25, 0.3) is 0 Å². The highest BCUT2D eigenvalue weighted by Gasteiger charge is 2.23. The lowest BCUT2D eigenvalue weighted by Crippen LogP contribution is -2.24. The van der Waals surface area contributed by atoms with Gasteiger partial charge < -0.3 is 19.7 Å². The summed E-state index contributed by atoms with van der Waals surface area (Å²) in [4.78, 5) is 21.6. The zero-order valence-electron chi connectivity index (χ0n) is 16.2. The molecule has 0 amide bonds. The fourth-order valence-electron chi connectivity index (χ4n) is 2.89. The van der Waals surface area contributed by atoms with Crippen molar-refractivity contribution >= 4 is 11.9 Å². The average molecular weight is 399 g/mol. The summed E-state index contributed by atoms with van der Waals surface area (Å²) in [6, 6.07) is 18.4. The first-order valence-corrected chi connectivity index (χ1v) is 9.17. The Labute approximate surface area is 169 Å². The van der Waals surface area contributed by atoms with Crippen LogP contribution in [0.3, 0.4) is 0 Å². The first kappa shape index (κ1) is 22.0. The lowest BCUT2D eigenvalue weighted by atomic mass is 10.2. The Morgan fingerprint density at radius 2 is 1.69 bits per heavy atom. The Balaban J connectivity index is 0.000000321. The van der Waals surface area contributed by atoms with E-state index in [1.165, 1.54) is 5.56 Å². The summed E-state index contributed by atoms with van der Waals surface area (Å²) < 4.78 is 11.3. The predicted molar refractivity (Wildman–Crippen MR) is 108 cm³/mol. The molecule has 2 aromatic rings. The van der Waals surface area contributed by atoms with Crippen LogP contribution >= 0.6 is 0 Å². The van der Waals surface area contributed by atoms with Crippen molar-refractivity contribution in [2.75, 3.05) is 20.2 Å². The molecule has 154 valence electrons. The second-order valence-electron chi connectivity index (χ2n) is 6.44. The van der Waals surface area contributed by atoms with E-state index in [0.29, 0.717) is 12.2 Å². The van der Waals surface area contributed by atoms with Crippen molar-refractivity contribution in [2.45, 2.75) is 19.1 Å². The highest BCUT2D eigenvalue weighted by atomic mass is 16.5. The molecule has 1 aliphatic heterocycles. The lowest BCUT2D eigenvalue weighted by molar-refractivity contribution is -0.134. The van der Waals surface area contributed by atoms with Gasteiger partial charge in [-0.05, 0) is 24.1 Å². The molecule has 2 aromatic carbocycles. The minimum Gasteiger partial charge on any atom is -0.497 e. The van der Waals surface area contributed by atoms with Crippen molar-refractivity contribution in [3.8, 4) is 11.5 Å². The molecule has 1 fully saturated rings. The van der Waals surface area contributed by atoms with Crippen molar-refractivity contribution in [1.29, 1.82) is 0 Å². The second kappa shape index (κ2) is 11.5. The number of methoxy groups -OCH3 is 1. The largest absolute Gasteiger partial charge is 0.497 e. The minimum atomic E-state index is -1.26. The summed E-state index contributed by atoms with van der Waals surface area (Å²) in [7, 11) is 1.68. The van der Waals surface area contributed by atoms with Gasteiger partial charge in [0.15, 0.2) is 0 Å². The highest BCUT2D eigenvalue weighted by molar-refractivity contribution is 5.89. The number of carboxylic acid groups (broad SMARTS) is 2. The van der Waals surface area contributed by atoms with E-state index in [4.69, 9.17) is 19.7 Å². The first-order valence-electron chi connectivity index (χ1n) is 9.17. The molecule has 1 heterocycles. The van der Waals surface area contributed by atoms with E-state index in [-0.39, 0.29) is 6.10 Å². The number of aliphatic carboxylic acids is 2. The lowest BCUT2D eigenvalue weighted by Gasteiger charge is -2.17. The predicted octanol–water partition coefficient (Wildman–Crippen LogP) is 3.06. The maximum Gasteiger partial charge on any atom is 0.328 e. The van der Waals surface area contributed by atoms with E-state index < -0.39 is 11.9 Å². The van der Waals surface area contributed by atoms with Gasteiger partial charge in [0.05, 0.1) is 7.11 Å². The van der Waals surface area contributed by atoms with Crippen LogP contribution in [0.25, 0.3) is 0 Å². The van der Waals surface area contributed by atoms with Gasteiger partial charge in [0.2, 0.25) is 0 Å². The quantitative estimate of drug-likeness (QED) is 0.691. The molecule has 29 heavy (non-hydrogen) atoms. The highest BCUT2D eigenvalue weighted by Crippen LogP contribution is 2.23. The number of nitrogens with zero attached hydrogens (tertiary/aromatic N) is 1. The third kappa shape index (κ3) is 8.49. The molecule has 0 radical (unpaired) electrons. The smallest absolute Gasteiger partial charge is 0.328 e. The summed E-state index contributed by atoms with van der Waals surface area (Å²) >= 11 is 0. The van der Waals surface area contributed by atoms with Crippen LogP contribution in [0.2, 0.25) is 0 Å². The Hall–Kier alpha value is -3.32. The molecule has 7 heteroatoms. The first-order chi connectivity index (χ1) is 14.0. The van der Waals surface area contributed by atoms with Gasteiger partial charge in [-0.2, -0.15) is 0 Å². The molecule has 1 unspecified atom stereocenters. The number of carbonyl (C=O) groups is 2. The van der Waals surface area contributed by atoms with Gasteiger partial charge in [-0.25, -0.2) is 9.59 Å². The Morgan fingerprint density at radius 1 is 1.03 bits per heavy atom. The van der Waals surface area contributed by atoms with E-state index in [2.05, 4.69) is 35.2 Å². The summed E-state index contributed by atoms with van der Waals surface area (Å²) in [6.45, 7) is 3.06. The van der Waals surface area contributed by atoms with Crippen LogP contribution in [0.1, 0.15) is 12.0 Å². The molecule has 2 N–H and O–H groups in total. The average Bonchev–Trinajstić information content (AvgIpc) is 3.14. The SMILES string of the molecule is COc1cccc(OC2CCN(Cc3ccccc3)C2)c1.O=C(O)C=CC(=O)O. The van der Waals surface area contributed by atoms with Gasteiger partial charge in [0, 0.05) is 37.9 Å². The summed E-state index contributed by atoms with van der Waals surface area (Å²) in [5, 5.41) is 15.6. The molecule has 0 bridgehead atoms.